The summed E-state index contributed by atoms with van der Waals surface area (Å²) in [6, 6.07) is 11.5. The molecule has 1 aliphatic carbocycles. The highest BCUT2D eigenvalue weighted by Crippen LogP contribution is 2.50. The highest BCUT2D eigenvalue weighted by Gasteiger charge is 2.48. The van der Waals surface area contributed by atoms with Gasteiger partial charge in [0.25, 0.3) is 0 Å². The van der Waals surface area contributed by atoms with Crippen molar-refractivity contribution in [3.05, 3.63) is 59.8 Å². The lowest BCUT2D eigenvalue weighted by molar-refractivity contribution is -0.120. The third-order valence-corrected chi connectivity index (χ3v) is 10.3. The summed E-state index contributed by atoms with van der Waals surface area (Å²) < 4.78 is 3.14. The number of pyridine rings is 1. The Labute approximate surface area is 240 Å². The lowest BCUT2D eigenvalue weighted by atomic mass is 9.98. The first-order chi connectivity index (χ1) is 19.8. The van der Waals surface area contributed by atoms with Crippen molar-refractivity contribution in [2.75, 3.05) is 6.54 Å². The number of benzene rings is 1. The molecule has 1 saturated heterocycles. The van der Waals surface area contributed by atoms with Crippen LogP contribution in [0.4, 0.5) is 0 Å². The fourth-order valence-corrected chi connectivity index (χ4v) is 8.65. The summed E-state index contributed by atoms with van der Waals surface area (Å²) in [5.74, 6) is 1.55. The highest BCUT2D eigenvalue weighted by atomic mass is 32.1. The molecule has 2 fully saturated rings. The summed E-state index contributed by atoms with van der Waals surface area (Å²) >= 11 is 1.83. The molecule has 41 heavy (non-hydrogen) atoms. The molecule has 2 aliphatic rings. The van der Waals surface area contributed by atoms with Gasteiger partial charge in [-0.25, -0.2) is 14.5 Å². The van der Waals surface area contributed by atoms with E-state index in [4.69, 9.17) is 10.7 Å². The van der Waals surface area contributed by atoms with Crippen LogP contribution < -0.4 is 5.73 Å². The number of piperidine rings is 1. The largest absolute Gasteiger partial charge is 0.369 e. The molecule has 3 atom stereocenters. The third-order valence-electron chi connectivity index (χ3n) is 9.05. The summed E-state index contributed by atoms with van der Waals surface area (Å²) in [6.45, 7) is 6.88. The van der Waals surface area contributed by atoms with Crippen LogP contribution in [0.2, 0.25) is 0 Å². The second kappa shape index (κ2) is 8.99. The zero-order valence-corrected chi connectivity index (χ0v) is 24.1. The van der Waals surface area contributed by atoms with Crippen molar-refractivity contribution in [1.29, 1.82) is 0 Å². The summed E-state index contributed by atoms with van der Waals surface area (Å²) in [4.78, 5) is 32.0. The van der Waals surface area contributed by atoms with Crippen molar-refractivity contribution >= 4 is 44.1 Å². The van der Waals surface area contributed by atoms with E-state index in [0.717, 1.165) is 57.7 Å². The van der Waals surface area contributed by atoms with E-state index in [0.29, 0.717) is 24.4 Å². The van der Waals surface area contributed by atoms with Crippen LogP contribution in [0.5, 0.6) is 0 Å². The number of nitrogens with one attached hydrogen (secondary N) is 2. The topological polar surface area (TPSA) is 121 Å². The van der Waals surface area contributed by atoms with Crippen LogP contribution in [0.15, 0.2) is 42.9 Å². The monoisotopic (exact) mass is 564 g/mol. The average molecular weight is 565 g/mol. The number of imidazole rings is 1. The number of nitrogens with two attached hydrogens (primary N) is 1. The first kappa shape index (κ1) is 24.8. The van der Waals surface area contributed by atoms with Gasteiger partial charge in [-0.05, 0) is 79.0 Å². The molecule has 1 amide bonds. The van der Waals surface area contributed by atoms with E-state index >= 15 is 0 Å². The number of hydrogen-bond donors (Lipinski definition) is 3. The van der Waals surface area contributed by atoms with E-state index in [1.165, 1.54) is 27.1 Å². The molecule has 0 radical (unpaired) electrons. The van der Waals surface area contributed by atoms with Crippen molar-refractivity contribution in [1.82, 2.24) is 34.4 Å². The fourth-order valence-electron chi connectivity index (χ4n) is 7.34. The molecule has 1 saturated carbocycles. The number of carbonyl (C=O) groups excluding carboxylic acids is 1. The molecule has 2 bridgehead atoms. The molecule has 9 nitrogen and oxygen atoms in total. The Morgan fingerprint density at radius 2 is 2.02 bits per heavy atom. The SMILES string of the molecule is Cc1cc(-c2[nH]c3cc(-c4ccc5nc([C@@H]6[C@H]7CC[C@H](C7)N6CC(N)=O)[nH]c5c4)sc3c2C(C)C)cn2ncnc12. The van der Waals surface area contributed by atoms with E-state index in [1.807, 2.05) is 15.9 Å². The molecule has 6 heterocycles. The normalized spacial score (nSPS) is 20.9. The summed E-state index contributed by atoms with van der Waals surface area (Å²) in [5.41, 5.74) is 15.5. The van der Waals surface area contributed by atoms with Gasteiger partial charge in [0.05, 0.1) is 39.5 Å². The van der Waals surface area contributed by atoms with Gasteiger partial charge in [-0.1, -0.05) is 19.9 Å². The number of primary amides is 1. The van der Waals surface area contributed by atoms with Gasteiger partial charge < -0.3 is 15.7 Å². The van der Waals surface area contributed by atoms with Crippen LogP contribution in [0, 0.1) is 12.8 Å². The van der Waals surface area contributed by atoms with Crippen LogP contribution in [0.25, 0.3) is 48.6 Å². The van der Waals surface area contributed by atoms with Crippen molar-refractivity contribution in [2.45, 2.75) is 58.0 Å². The Kier molecular flexibility index (Phi) is 5.43. The van der Waals surface area contributed by atoms with Crippen molar-refractivity contribution in [3.63, 3.8) is 0 Å². The number of aromatic amines is 2. The molecular formula is C31H32N8OS. The van der Waals surface area contributed by atoms with Crippen LogP contribution in [-0.2, 0) is 4.79 Å². The third kappa shape index (κ3) is 3.84. The molecule has 1 aromatic carbocycles. The molecule has 5 aromatic heterocycles. The first-order valence-corrected chi connectivity index (χ1v) is 15.2. The zero-order valence-electron chi connectivity index (χ0n) is 23.3. The molecule has 4 N–H and O–H groups in total. The number of aromatic nitrogens is 6. The maximum Gasteiger partial charge on any atom is 0.231 e. The van der Waals surface area contributed by atoms with Gasteiger partial charge in [0.1, 0.15) is 12.2 Å². The minimum absolute atomic E-state index is 0.129. The summed E-state index contributed by atoms with van der Waals surface area (Å²) in [6.07, 6.45) is 7.10. The molecule has 10 heteroatoms. The number of amides is 1. The summed E-state index contributed by atoms with van der Waals surface area (Å²) in [7, 11) is 0. The zero-order chi connectivity index (χ0) is 28.0. The van der Waals surface area contributed by atoms with Crippen LogP contribution in [0.3, 0.4) is 0 Å². The number of thiophene rings is 1. The Morgan fingerprint density at radius 3 is 2.85 bits per heavy atom. The molecule has 6 aromatic rings. The Hall–Kier alpha value is -4.02. The van der Waals surface area contributed by atoms with Crippen LogP contribution in [0.1, 0.15) is 62.0 Å². The molecule has 0 unspecified atom stereocenters. The number of aryl methyl sites for hydroxylation is 1. The number of fused-ring (bicyclic) bond motifs is 5. The van der Waals surface area contributed by atoms with Gasteiger partial charge in [0, 0.05) is 22.7 Å². The number of nitrogens with zero attached hydrogens (tertiary/aromatic N) is 5. The molecule has 0 spiro atoms. The Bertz CT molecular complexity index is 1980. The predicted molar refractivity (Wildman–Crippen MR) is 162 cm³/mol. The van der Waals surface area contributed by atoms with Crippen molar-refractivity contribution in [3.8, 4) is 21.7 Å². The Balaban J connectivity index is 1.16. The molecule has 208 valence electrons. The van der Waals surface area contributed by atoms with Gasteiger partial charge in [0.2, 0.25) is 5.91 Å². The molecule has 1 aliphatic heterocycles. The smallest absolute Gasteiger partial charge is 0.231 e. The number of carbonyl (C=O) groups is 1. The highest BCUT2D eigenvalue weighted by molar-refractivity contribution is 7.22. The van der Waals surface area contributed by atoms with E-state index in [2.05, 4.69) is 82.3 Å². The number of hydrogen-bond acceptors (Lipinski definition) is 6. The minimum atomic E-state index is -0.271. The lowest BCUT2D eigenvalue weighted by Crippen LogP contribution is -2.41. The van der Waals surface area contributed by atoms with Crippen LogP contribution in [-0.4, -0.2) is 52.9 Å². The van der Waals surface area contributed by atoms with Crippen molar-refractivity contribution in [2.24, 2.45) is 11.7 Å². The second-order valence-corrected chi connectivity index (χ2v) is 13.1. The number of H-pyrrole nitrogens is 2. The number of rotatable bonds is 6. The van der Waals surface area contributed by atoms with Crippen molar-refractivity contribution < 1.29 is 4.79 Å². The van der Waals surface area contributed by atoms with E-state index in [9.17, 15) is 4.79 Å². The van der Waals surface area contributed by atoms with E-state index in [1.54, 1.807) is 6.33 Å². The standard InChI is InChI=1S/C31H32N8OS/c1-15(2)26-27(19-8-16(3)31-33-14-34-39(31)12-19)35-23-11-24(41-29(23)26)17-5-7-21-22(10-17)37-30(36-21)28-18-4-6-20(9-18)38(28)13-25(32)40/h5,7-8,10-12,14-15,18,20,28,35H,4,6,9,13H2,1-3H3,(H2,32,40)(H,36,37)/t18-,20+,28-/m0/s1. The van der Waals surface area contributed by atoms with Gasteiger partial charge in [-0.2, -0.15) is 5.10 Å². The van der Waals surface area contributed by atoms with Gasteiger partial charge >= 0.3 is 0 Å². The van der Waals surface area contributed by atoms with E-state index in [-0.39, 0.29) is 11.9 Å². The summed E-state index contributed by atoms with van der Waals surface area (Å²) in [5, 5.41) is 4.38. The number of likely N-dealkylation sites (tertiary alicyclic amines) is 1. The fraction of sp³-hybridized carbons (Fsp3) is 0.355. The lowest BCUT2D eigenvalue weighted by Gasteiger charge is -2.32. The predicted octanol–water partition coefficient (Wildman–Crippen LogP) is 5.92. The second-order valence-electron chi connectivity index (χ2n) is 12.0. The van der Waals surface area contributed by atoms with Gasteiger partial charge in [0.15, 0.2) is 5.65 Å². The Morgan fingerprint density at radius 1 is 1.15 bits per heavy atom. The van der Waals surface area contributed by atoms with Gasteiger partial charge in [-0.15, -0.1) is 11.3 Å². The maximum absolute atomic E-state index is 11.8. The average Bonchev–Trinajstić information content (AvgIpc) is 3.75. The molecule has 8 rings (SSSR count). The minimum Gasteiger partial charge on any atom is -0.369 e. The molecular weight excluding hydrogens is 532 g/mol. The maximum atomic E-state index is 11.8. The quantitative estimate of drug-likeness (QED) is 0.232. The van der Waals surface area contributed by atoms with Gasteiger partial charge in [-0.3, -0.25) is 9.69 Å². The first-order valence-electron chi connectivity index (χ1n) is 14.3. The van der Waals surface area contributed by atoms with E-state index < -0.39 is 0 Å². The van der Waals surface area contributed by atoms with Crippen LogP contribution >= 0.6 is 11.3 Å².